The van der Waals surface area contributed by atoms with Gasteiger partial charge in [0.15, 0.2) is 0 Å². The van der Waals surface area contributed by atoms with Crippen molar-refractivity contribution in [1.29, 1.82) is 0 Å². The molecule has 0 aliphatic carbocycles. The number of nitrogens with zero attached hydrogens (tertiary/aromatic N) is 1. The third kappa shape index (κ3) is 8.83. The molecule has 0 atom stereocenters. The van der Waals surface area contributed by atoms with Gasteiger partial charge in [-0.2, -0.15) is 0 Å². The van der Waals surface area contributed by atoms with Crippen LogP contribution in [-0.4, -0.2) is 30.6 Å². The minimum Gasteiger partial charge on any atom is -0.329 e. The van der Waals surface area contributed by atoms with E-state index in [0.29, 0.717) is 0 Å². The van der Waals surface area contributed by atoms with E-state index in [0.717, 1.165) is 19.4 Å². The van der Waals surface area contributed by atoms with E-state index in [4.69, 9.17) is 5.73 Å². The molecule has 0 unspecified atom stereocenters. The Morgan fingerprint density at radius 1 is 0.714 bits per heavy atom. The monoisotopic (exact) mass is 298 g/mol. The van der Waals surface area contributed by atoms with Crippen LogP contribution in [0.5, 0.6) is 0 Å². The quantitative estimate of drug-likeness (QED) is 0.413. The van der Waals surface area contributed by atoms with Crippen LogP contribution in [0.2, 0.25) is 0 Å². The zero-order chi connectivity index (χ0) is 16.0. The van der Waals surface area contributed by atoms with Crippen LogP contribution in [-0.2, 0) is 0 Å². The highest BCUT2D eigenvalue weighted by Crippen LogP contribution is 2.22. The number of hydrogen-bond donors (Lipinski definition) is 1. The molecule has 0 aromatic rings. The summed E-state index contributed by atoms with van der Waals surface area (Å²) >= 11 is 0. The Morgan fingerprint density at radius 3 is 1.52 bits per heavy atom. The van der Waals surface area contributed by atoms with E-state index in [1.165, 1.54) is 70.8 Å². The van der Waals surface area contributed by atoms with Crippen LogP contribution in [0.3, 0.4) is 0 Å². The lowest BCUT2D eigenvalue weighted by molar-refractivity contribution is 0.113. The third-order valence-electron chi connectivity index (χ3n) is 5.35. The van der Waals surface area contributed by atoms with E-state index in [-0.39, 0.29) is 5.54 Å². The molecule has 0 spiro atoms. The first kappa shape index (κ1) is 20.9. The van der Waals surface area contributed by atoms with Crippen molar-refractivity contribution in [2.45, 2.75) is 103 Å². The molecule has 0 saturated carbocycles. The van der Waals surface area contributed by atoms with Crippen LogP contribution in [0.25, 0.3) is 0 Å². The molecule has 2 N–H and O–H groups in total. The second kappa shape index (κ2) is 13.6. The van der Waals surface area contributed by atoms with Crippen molar-refractivity contribution in [3.05, 3.63) is 0 Å². The van der Waals surface area contributed by atoms with Gasteiger partial charge in [0.25, 0.3) is 0 Å². The third-order valence-corrected chi connectivity index (χ3v) is 5.35. The van der Waals surface area contributed by atoms with E-state index in [1.807, 2.05) is 0 Å². The van der Waals surface area contributed by atoms with Gasteiger partial charge >= 0.3 is 0 Å². The molecule has 0 fully saturated rings. The van der Waals surface area contributed by atoms with Gasteiger partial charge in [0.2, 0.25) is 0 Å². The van der Waals surface area contributed by atoms with Crippen LogP contribution in [0.1, 0.15) is 97.8 Å². The highest BCUT2D eigenvalue weighted by Gasteiger charge is 2.28. The smallest absolute Gasteiger partial charge is 0.0323 e. The minimum absolute atomic E-state index is 0.235. The molecule has 0 aromatic heterocycles. The maximum Gasteiger partial charge on any atom is 0.0323 e. The van der Waals surface area contributed by atoms with Gasteiger partial charge in [-0.25, -0.2) is 0 Å². The molecule has 0 amide bonds. The van der Waals surface area contributed by atoms with Crippen molar-refractivity contribution in [2.24, 2.45) is 5.73 Å². The molecule has 2 nitrogen and oxygen atoms in total. The number of likely N-dealkylation sites (N-methyl/N-ethyl adjacent to an activating group) is 1. The molecule has 128 valence electrons. The number of rotatable bonds is 15. The highest BCUT2D eigenvalue weighted by atomic mass is 15.2. The van der Waals surface area contributed by atoms with Crippen molar-refractivity contribution < 1.29 is 0 Å². The number of unbranched alkanes of at least 4 members (excludes halogenated alkanes) is 9. The second-order valence-corrected chi connectivity index (χ2v) is 6.74. The summed E-state index contributed by atoms with van der Waals surface area (Å²) in [6.45, 7) is 8.81. The Bertz CT molecular complexity index is 203. The summed E-state index contributed by atoms with van der Waals surface area (Å²) in [6.07, 6.45) is 16.4. The predicted octanol–water partition coefficient (Wildman–Crippen LogP) is 5.36. The van der Waals surface area contributed by atoms with E-state index in [1.54, 1.807) is 0 Å². The molecule has 0 rings (SSSR count). The molecule has 21 heavy (non-hydrogen) atoms. The maximum atomic E-state index is 6.01. The van der Waals surface area contributed by atoms with Crippen LogP contribution in [0.15, 0.2) is 0 Å². The van der Waals surface area contributed by atoms with E-state index < -0.39 is 0 Å². The summed E-state index contributed by atoms with van der Waals surface area (Å²) in [5.41, 5.74) is 6.24. The molecule has 0 saturated heterocycles. The molecular weight excluding hydrogens is 256 g/mol. The molecule has 2 heteroatoms. The van der Waals surface area contributed by atoms with Gasteiger partial charge in [-0.1, -0.05) is 78.6 Å². The van der Waals surface area contributed by atoms with Gasteiger partial charge < -0.3 is 5.73 Å². The fourth-order valence-electron chi connectivity index (χ4n) is 3.31. The van der Waals surface area contributed by atoms with Crippen LogP contribution < -0.4 is 5.73 Å². The van der Waals surface area contributed by atoms with Crippen molar-refractivity contribution in [3.8, 4) is 0 Å². The van der Waals surface area contributed by atoms with Gasteiger partial charge in [-0.15, -0.1) is 0 Å². The van der Waals surface area contributed by atoms with Gasteiger partial charge in [0, 0.05) is 12.1 Å². The summed E-state index contributed by atoms with van der Waals surface area (Å²) in [5.74, 6) is 0. The van der Waals surface area contributed by atoms with Gasteiger partial charge in [-0.05, 0) is 32.9 Å². The fourth-order valence-corrected chi connectivity index (χ4v) is 3.31. The maximum absolute atomic E-state index is 6.01. The van der Waals surface area contributed by atoms with Gasteiger partial charge in [0.1, 0.15) is 0 Å². The molecule has 0 aliphatic heterocycles. The highest BCUT2D eigenvalue weighted by molar-refractivity contribution is 4.87. The molecule has 0 aliphatic rings. The Kier molecular flexibility index (Phi) is 13.5. The zero-order valence-electron chi connectivity index (χ0n) is 15.4. The number of hydrogen-bond acceptors (Lipinski definition) is 2. The molecule has 0 heterocycles. The van der Waals surface area contributed by atoms with Crippen LogP contribution in [0.4, 0.5) is 0 Å². The zero-order valence-corrected chi connectivity index (χ0v) is 15.4. The molecular formula is C19H42N2. The lowest BCUT2D eigenvalue weighted by Gasteiger charge is -2.40. The minimum atomic E-state index is 0.235. The first-order valence-electron chi connectivity index (χ1n) is 9.58. The van der Waals surface area contributed by atoms with Crippen molar-refractivity contribution in [3.63, 3.8) is 0 Å². The molecule has 0 aromatic carbocycles. The van der Waals surface area contributed by atoms with E-state index in [2.05, 4.69) is 32.7 Å². The summed E-state index contributed by atoms with van der Waals surface area (Å²) < 4.78 is 0. The van der Waals surface area contributed by atoms with E-state index >= 15 is 0 Å². The second-order valence-electron chi connectivity index (χ2n) is 6.74. The Morgan fingerprint density at radius 2 is 1.14 bits per heavy atom. The summed E-state index contributed by atoms with van der Waals surface area (Å²) in [4.78, 5) is 2.51. The van der Waals surface area contributed by atoms with E-state index in [9.17, 15) is 0 Å². The average Bonchev–Trinajstić information content (AvgIpc) is 2.51. The summed E-state index contributed by atoms with van der Waals surface area (Å²) in [7, 11) is 2.26. The van der Waals surface area contributed by atoms with Crippen LogP contribution in [0, 0.1) is 0 Å². The number of nitrogens with two attached hydrogens (primary N) is 1. The average molecular weight is 299 g/mol. The van der Waals surface area contributed by atoms with Crippen molar-refractivity contribution in [1.82, 2.24) is 4.90 Å². The first-order chi connectivity index (χ1) is 10.2. The van der Waals surface area contributed by atoms with Gasteiger partial charge in [0.05, 0.1) is 0 Å². The Hall–Kier alpha value is -0.0800. The fraction of sp³-hybridized carbons (Fsp3) is 1.00. The Labute approximate surface area is 134 Å². The van der Waals surface area contributed by atoms with Crippen molar-refractivity contribution in [2.75, 3.05) is 20.1 Å². The largest absolute Gasteiger partial charge is 0.329 e. The summed E-state index contributed by atoms with van der Waals surface area (Å²) in [5, 5.41) is 0. The lowest BCUT2D eigenvalue weighted by atomic mass is 9.91. The SMILES string of the molecule is CCCCCCCCCCCCN(C)C(CC)(CC)CN. The first-order valence-corrected chi connectivity index (χ1v) is 9.58. The molecule has 0 radical (unpaired) electrons. The molecule has 0 bridgehead atoms. The standard InChI is InChI=1S/C19H42N2/c1-5-8-9-10-11-12-13-14-15-16-17-21(4)19(6-2,7-3)18-20/h5-18,20H2,1-4H3. The Balaban J connectivity index is 3.53. The van der Waals surface area contributed by atoms with Crippen LogP contribution >= 0.6 is 0 Å². The van der Waals surface area contributed by atoms with Gasteiger partial charge in [-0.3, -0.25) is 4.90 Å². The predicted molar refractivity (Wildman–Crippen MR) is 96.8 cm³/mol. The summed E-state index contributed by atoms with van der Waals surface area (Å²) in [6, 6.07) is 0. The topological polar surface area (TPSA) is 29.3 Å². The normalized spacial score (nSPS) is 12.3. The lowest BCUT2D eigenvalue weighted by Crippen LogP contribution is -2.51. The van der Waals surface area contributed by atoms with Crippen molar-refractivity contribution >= 4 is 0 Å².